The summed E-state index contributed by atoms with van der Waals surface area (Å²) in [6.45, 7) is 5.87. The summed E-state index contributed by atoms with van der Waals surface area (Å²) in [4.78, 5) is 24.1. The lowest BCUT2D eigenvalue weighted by molar-refractivity contribution is -0.0722. The third kappa shape index (κ3) is 4.77. The second kappa shape index (κ2) is 10.5. The molecule has 0 N–H and O–H groups in total. The fourth-order valence-electron chi connectivity index (χ4n) is 6.02. The van der Waals surface area contributed by atoms with Gasteiger partial charge >= 0.3 is 5.97 Å². The van der Waals surface area contributed by atoms with Gasteiger partial charge in [-0.15, -0.1) is 0 Å². The normalized spacial score (nSPS) is 19.9. The first-order chi connectivity index (χ1) is 19.7. The maximum absolute atomic E-state index is 12.2. The number of carbonyl (C=O) groups is 1. The topological polar surface area (TPSA) is 87.9 Å². The fraction of sp³-hybridized carbons (Fsp3) is 0.387. The van der Waals surface area contributed by atoms with Crippen molar-refractivity contribution in [1.29, 1.82) is 0 Å². The first-order valence-electron chi connectivity index (χ1n) is 13.7. The van der Waals surface area contributed by atoms with Crippen LogP contribution in [0.3, 0.4) is 0 Å². The van der Waals surface area contributed by atoms with Crippen LogP contribution in [0.15, 0.2) is 48.7 Å². The number of aryl methyl sites for hydroxylation is 1. The van der Waals surface area contributed by atoms with E-state index in [4.69, 9.17) is 35.5 Å². The number of likely N-dealkylation sites (tertiary alicyclic amines) is 1. The molecule has 2 aromatic heterocycles. The number of benzene rings is 2. The van der Waals surface area contributed by atoms with Crippen molar-refractivity contribution in [3.63, 3.8) is 0 Å². The Morgan fingerprint density at radius 3 is 2.61 bits per heavy atom. The maximum atomic E-state index is 12.2. The van der Waals surface area contributed by atoms with Crippen molar-refractivity contribution in [2.45, 2.75) is 44.4 Å². The highest BCUT2D eigenvalue weighted by molar-refractivity contribution is 6.30. The minimum Gasteiger partial charge on any atom is -0.494 e. The van der Waals surface area contributed by atoms with Crippen LogP contribution in [0.25, 0.3) is 11.0 Å². The Morgan fingerprint density at radius 1 is 1.15 bits per heavy atom. The number of para-hydroxylation sites is 1. The van der Waals surface area contributed by atoms with Crippen molar-refractivity contribution in [2.24, 2.45) is 7.05 Å². The summed E-state index contributed by atoms with van der Waals surface area (Å²) in [7, 11) is 4.94. The van der Waals surface area contributed by atoms with Crippen LogP contribution in [0.5, 0.6) is 17.2 Å². The Labute approximate surface area is 243 Å². The number of hydrogen-bond donors (Lipinski definition) is 0. The summed E-state index contributed by atoms with van der Waals surface area (Å²) in [5, 5.41) is 0.568. The molecular weight excluding hydrogens is 544 g/mol. The molecule has 1 unspecified atom stereocenters. The van der Waals surface area contributed by atoms with Crippen LogP contribution in [0, 0.1) is 0 Å². The summed E-state index contributed by atoms with van der Waals surface area (Å²) in [6, 6.07) is 13.3. The molecule has 0 bridgehead atoms. The Kier molecular flexibility index (Phi) is 7.03. The molecule has 10 heteroatoms. The Morgan fingerprint density at radius 2 is 1.93 bits per heavy atom. The second-order valence-corrected chi connectivity index (χ2v) is 11.2. The van der Waals surface area contributed by atoms with E-state index in [0.717, 1.165) is 59.9 Å². The molecule has 2 atom stereocenters. The minimum atomic E-state index is -1.01. The lowest BCUT2D eigenvalue weighted by Gasteiger charge is -2.36. The van der Waals surface area contributed by atoms with Gasteiger partial charge in [0.2, 0.25) is 0 Å². The van der Waals surface area contributed by atoms with Gasteiger partial charge < -0.3 is 23.5 Å². The van der Waals surface area contributed by atoms with Crippen LogP contribution in [0.4, 0.5) is 0 Å². The van der Waals surface area contributed by atoms with Crippen LogP contribution in [0.2, 0.25) is 5.02 Å². The molecule has 9 nitrogen and oxygen atoms in total. The number of imidazole rings is 1. The highest BCUT2D eigenvalue weighted by Gasteiger charge is 2.42. The molecule has 1 fully saturated rings. The lowest BCUT2D eigenvalue weighted by atomic mass is 9.88. The monoisotopic (exact) mass is 576 g/mol. The van der Waals surface area contributed by atoms with Crippen molar-refractivity contribution in [1.82, 2.24) is 19.4 Å². The fourth-order valence-corrected chi connectivity index (χ4v) is 6.13. The zero-order valence-corrected chi connectivity index (χ0v) is 24.6. The third-order valence-electron chi connectivity index (χ3n) is 8.32. The average molecular weight is 577 g/mol. The second-order valence-electron chi connectivity index (χ2n) is 10.7. The summed E-state index contributed by atoms with van der Waals surface area (Å²) in [6.07, 6.45) is 3.55. The summed E-state index contributed by atoms with van der Waals surface area (Å²) >= 11 is 6.04. The summed E-state index contributed by atoms with van der Waals surface area (Å²) < 4.78 is 25.3. The number of hydrogen-bond acceptors (Lipinski definition) is 8. The van der Waals surface area contributed by atoms with Crippen LogP contribution >= 0.6 is 11.6 Å². The van der Waals surface area contributed by atoms with Crippen molar-refractivity contribution >= 4 is 28.6 Å². The largest absolute Gasteiger partial charge is 0.494 e. The van der Waals surface area contributed by atoms with E-state index in [1.165, 1.54) is 7.11 Å². The molecule has 2 aliphatic heterocycles. The molecule has 2 aromatic carbocycles. The lowest BCUT2D eigenvalue weighted by Crippen LogP contribution is -2.36. The van der Waals surface area contributed by atoms with E-state index in [-0.39, 0.29) is 6.04 Å². The minimum absolute atomic E-state index is 0.0694. The first-order valence-corrected chi connectivity index (χ1v) is 14.1. The average Bonchev–Trinajstić information content (AvgIpc) is 3.53. The Hall–Kier alpha value is -3.82. The van der Waals surface area contributed by atoms with Gasteiger partial charge in [0.25, 0.3) is 5.79 Å². The first kappa shape index (κ1) is 27.4. The third-order valence-corrected chi connectivity index (χ3v) is 8.55. The van der Waals surface area contributed by atoms with Gasteiger partial charge in [-0.05, 0) is 69.1 Å². The van der Waals surface area contributed by atoms with E-state index in [2.05, 4.69) is 22.9 Å². The molecule has 0 aliphatic carbocycles. The van der Waals surface area contributed by atoms with E-state index in [1.807, 2.05) is 42.8 Å². The van der Waals surface area contributed by atoms with E-state index < -0.39 is 11.8 Å². The number of carbonyl (C=O) groups excluding carboxylic acids is 1. The Bertz CT molecular complexity index is 1610. The van der Waals surface area contributed by atoms with Crippen molar-refractivity contribution in [3.8, 4) is 17.2 Å². The number of ether oxygens (including phenoxy) is 4. The maximum Gasteiger partial charge on any atom is 0.338 e. The van der Waals surface area contributed by atoms with Crippen LogP contribution in [-0.2, 0) is 17.6 Å². The predicted molar refractivity (Wildman–Crippen MR) is 155 cm³/mol. The van der Waals surface area contributed by atoms with E-state index >= 15 is 0 Å². The number of esters is 1. The van der Waals surface area contributed by atoms with Gasteiger partial charge in [-0.1, -0.05) is 23.7 Å². The smallest absolute Gasteiger partial charge is 0.338 e. The molecule has 0 radical (unpaired) electrons. The molecule has 0 amide bonds. The number of piperidine rings is 1. The zero-order valence-electron chi connectivity index (χ0n) is 23.8. The number of halogens is 1. The Balaban J connectivity index is 1.20. The van der Waals surface area contributed by atoms with Gasteiger partial charge in [-0.25, -0.2) is 9.78 Å². The van der Waals surface area contributed by atoms with Gasteiger partial charge in [0, 0.05) is 25.7 Å². The van der Waals surface area contributed by atoms with Crippen molar-refractivity contribution in [3.05, 3.63) is 76.3 Å². The van der Waals surface area contributed by atoms with E-state index in [1.54, 1.807) is 25.4 Å². The molecule has 0 spiro atoms. The number of fused-ring (bicyclic) bond motifs is 2. The van der Waals surface area contributed by atoms with Gasteiger partial charge in [0.15, 0.2) is 11.5 Å². The van der Waals surface area contributed by atoms with Crippen LogP contribution in [-0.4, -0.2) is 52.7 Å². The number of rotatable bonds is 6. The highest BCUT2D eigenvalue weighted by atomic mass is 35.5. The molecule has 6 rings (SSSR count). The van der Waals surface area contributed by atoms with E-state index in [0.29, 0.717) is 27.9 Å². The van der Waals surface area contributed by atoms with Gasteiger partial charge in [-0.2, -0.15) is 0 Å². The van der Waals surface area contributed by atoms with Crippen LogP contribution < -0.4 is 14.2 Å². The van der Waals surface area contributed by atoms with Crippen LogP contribution in [0.1, 0.15) is 66.1 Å². The number of nitrogens with zero attached hydrogens (tertiary/aromatic N) is 4. The SMILES string of the molecule is COC(=O)c1cc(OC)c2nc(C(C)N3CCC(c4cccc5c4O[C@@](C)(c4ccc(Cl)cn4)O5)CC3)n(C)c2c1. The number of methoxy groups -OCH3 is 2. The van der Waals surface area contributed by atoms with Gasteiger partial charge in [0.1, 0.15) is 22.8 Å². The molecule has 1 saturated heterocycles. The van der Waals surface area contributed by atoms with Crippen molar-refractivity contribution < 1.29 is 23.7 Å². The number of pyridine rings is 1. The molecule has 4 aromatic rings. The standard InChI is InChI=1S/C31H33ClN4O5/c1-18(29-34-27-23(35(29)3)15-20(30(37)39-5)16-25(27)38-4)36-13-11-19(12-14-36)22-7-6-8-24-28(22)41-31(2,40-24)26-10-9-21(32)17-33-26/h6-10,15-19H,11-14H2,1-5H3/t18?,31-/m0/s1. The summed E-state index contributed by atoms with van der Waals surface area (Å²) in [5.74, 6) is 1.92. The zero-order chi connectivity index (χ0) is 28.9. The molecule has 2 aliphatic rings. The number of aromatic nitrogens is 3. The van der Waals surface area contributed by atoms with E-state index in [9.17, 15) is 4.79 Å². The summed E-state index contributed by atoms with van der Waals surface area (Å²) in [5.41, 5.74) is 3.83. The molecule has 41 heavy (non-hydrogen) atoms. The van der Waals surface area contributed by atoms with Gasteiger partial charge in [0.05, 0.1) is 36.4 Å². The quantitative estimate of drug-likeness (QED) is 0.258. The molecular formula is C31H33ClN4O5. The van der Waals surface area contributed by atoms with Gasteiger partial charge in [-0.3, -0.25) is 9.88 Å². The van der Waals surface area contributed by atoms with Crippen molar-refractivity contribution in [2.75, 3.05) is 27.3 Å². The molecule has 4 heterocycles. The highest BCUT2D eigenvalue weighted by Crippen LogP contribution is 2.49. The molecule has 0 saturated carbocycles. The molecule has 214 valence electrons. The predicted octanol–water partition coefficient (Wildman–Crippen LogP) is 6.00.